The lowest BCUT2D eigenvalue weighted by molar-refractivity contribution is 1.16. The van der Waals surface area contributed by atoms with Crippen molar-refractivity contribution in [1.29, 1.82) is 0 Å². The first-order valence-corrected chi connectivity index (χ1v) is 36.0. The maximum Gasteiger partial charge on any atom is 0.160 e. The van der Waals surface area contributed by atoms with Crippen LogP contribution in [0.3, 0.4) is 0 Å². The molecular weight excluding hydrogens is 1290 g/mol. The van der Waals surface area contributed by atoms with Crippen LogP contribution in [0.25, 0.3) is 200 Å². The minimum absolute atomic E-state index is 0.648. The van der Waals surface area contributed by atoms with Crippen LogP contribution >= 0.6 is 0 Å². The highest BCUT2D eigenvalue weighted by molar-refractivity contribution is 6.12. The molecule has 21 aromatic rings. The predicted octanol–water partition coefficient (Wildman–Crippen LogP) is 25.0. The largest absolute Gasteiger partial charge is 0.309 e. The third-order valence-electron chi connectivity index (χ3n) is 21.3. The Morgan fingerprint density at radius 3 is 0.585 bits per heavy atom. The van der Waals surface area contributed by atoms with Crippen LogP contribution in [0.15, 0.2) is 376 Å². The summed E-state index contributed by atoms with van der Waals surface area (Å²) >= 11 is 0. The van der Waals surface area contributed by atoms with E-state index in [1.807, 2.05) is 0 Å². The molecule has 15 aromatic carbocycles. The van der Waals surface area contributed by atoms with Crippen LogP contribution in [0.4, 0.5) is 0 Å². The maximum atomic E-state index is 5.41. The summed E-state index contributed by atoms with van der Waals surface area (Å²) in [5.74, 6) is 1.30. The lowest BCUT2D eigenvalue weighted by Gasteiger charge is -2.13. The molecule has 8 nitrogen and oxygen atoms in total. The standard InChI is InChI=1S/C98H62N8/c1-9-31-89-77(23-1)78-24-2-10-32-90(78)103(89)73-51-43-65(44-52-73)85-61-87(101-97(99-85)67-47-55-75(56-48-67)105-93-35-13-5-27-81(93)82-28-6-14-36-94(82)105)71-21-17-19-69(59-71)63-39-41-64(42-40-63)70-20-18-22-72(60-70)88-62-86(66-45-53-74(54-46-66)104-91-33-11-3-25-79(91)80-26-4-12-34-92(80)104)100-98(102-88)68-49-57-76(58-50-68)106-95-37-15-7-29-83(95)84-30-8-16-38-96(84)106/h1-62H. The van der Waals surface area contributed by atoms with Gasteiger partial charge in [-0.15, -0.1) is 0 Å². The van der Waals surface area contributed by atoms with Crippen molar-refractivity contribution in [3.8, 4) is 113 Å². The van der Waals surface area contributed by atoms with E-state index in [0.717, 1.165) is 123 Å². The molecule has 0 bridgehead atoms. The Labute approximate surface area is 610 Å². The molecule has 0 amide bonds. The summed E-state index contributed by atoms with van der Waals surface area (Å²) < 4.78 is 9.40. The zero-order chi connectivity index (χ0) is 69.8. The Morgan fingerprint density at radius 2 is 0.340 bits per heavy atom. The van der Waals surface area contributed by atoms with E-state index in [2.05, 4.69) is 394 Å². The van der Waals surface area contributed by atoms with Crippen LogP contribution in [-0.2, 0) is 0 Å². The Hall–Kier alpha value is -14.3. The molecule has 0 aliphatic carbocycles. The van der Waals surface area contributed by atoms with Gasteiger partial charge in [0.2, 0.25) is 0 Å². The van der Waals surface area contributed by atoms with Crippen molar-refractivity contribution in [3.63, 3.8) is 0 Å². The van der Waals surface area contributed by atoms with Crippen molar-refractivity contribution in [2.45, 2.75) is 0 Å². The first-order chi connectivity index (χ1) is 52.5. The van der Waals surface area contributed by atoms with Gasteiger partial charge in [-0.3, -0.25) is 0 Å². The molecule has 0 radical (unpaired) electrons. The molecule has 0 unspecified atom stereocenters. The summed E-state index contributed by atoms with van der Waals surface area (Å²) in [6.07, 6.45) is 0. The van der Waals surface area contributed by atoms with E-state index in [1.165, 1.54) is 65.2 Å². The van der Waals surface area contributed by atoms with Crippen molar-refractivity contribution in [3.05, 3.63) is 376 Å². The zero-order valence-corrected chi connectivity index (χ0v) is 57.4. The smallest absolute Gasteiger partial charge is 0.160 e. The number of para-hydroxylation sites is 8. The van der Waals surface area contributed by atoms with Gasteiger partial charge in [0.25, 0.3) is 0 Å². The van der Waals surface area contributed by atoms with E-state index < -0.39 is 0 Å². The van der Waals surface area contributed by atoms with Gasteiger partial charge in [0, 0.05) is 99.2 Å². The summed E-state index contributed by atoms with van der Waals surface area (Å²) in [5, 5.41) is 9.83. The molecule has 6 aromatic heterocycles. The quantitative estimate of drug-likeness (QED) is 0.122. The van der Waals surface area contributed by atoms with E-state index in [0.29, 0.717) is 11.6 Å². The number of fused-ring (bicyclic) bond motifs is 12. The fourth-order valence-corrected chi connectivity index (χ4v) is 16.2. The highest BCUT2D eigenvalue weighted by Crippen LogP contribution is 2.41. The van der Waals surface area contributed by atoms with Crippen LogP contribution < -0.4 is 0 Å². The van der Waals surface area contributed by atoms with Crippen molar-refractivity contribution >= 4 is 87.2 Å². The Balaban J connectivity index is 0.622. The molecule has 106 heavy (non-hydrogen) atoms. The SMILES string of the molecule is c1cc(-c2ccc(-c3cccc(-c4cc(-c5ccc(-n6c7ccccc7c7ccccc76)cc5)nc(-c5ccc(-n6c7ccccc7c7ccccc76)cc5)n4)c3)cc2)cc(-c2cc(-c3ccc(-n4c5ccccc5c5ccccc54)cc3)nc(-c3ccc(-n4c5ccccc5c5ccccc54)cc3)n2)c1. The molecule has 0 atom stereocenters. The molecule has 0 aliphatic rings. The van der Waals surface area contributed by atoms with Gasteiger partial charge in [-0.2, -0.15) is 0 Å². The molecular formula is C98H62N8. The molecule has 0 spiro atoms. The van der Waals surface area contributed by atoms with E-state index in [9.17, 15) is 0 Å². The average Bonchev–Trinajstić information content (AvgIpc) is 1.59. The van der Waals surface area contributed by atoms with Crippen molar-refractivity contribution in [2.75, 3.05) is 0 Å². The Kier molecular flexibility index (Phi) is 14.1. The third kappa shape index (κ3) is 10.1. The van der Waals surface area contributed by atoms with E-state index >= 15 is 0 Å². The second-order valence-corrected chi connectivity index (χ2v) is 27.3. The summed E-state index contributed by atoms with van der Waals surface area (Å²) in [6.45, 7) is 0. The van der Waals surface area contributed by atoms with Gasteiger partial charge in [0.1, 0.15) is 0 Å². The third-order valence-corrected chi connectivity index (χ3v) is 21.3. The van der Waals surface area contributed by atoms with Crippen molar-refractivity contribution in [1.82, 2.24) is 38.2 Å². The summed E-state index contributed by atoms with van der Waals surface area (Å²) in [4.78, 5) is 21.6. The zero-order valence-electron chi connectivity index (χ0n) is 57.4. The molecule has 8 heteroatoms. The lowest BCUT2D eigenvalue weighted by Crippen LogP contribution is -1.98. The number of benzene rings is 15. The second-order valence-electron chi connectivity index (χ2n) is 27.3. The van der Waals surface area contributed by atoms with Crippen LogP contribution in [-0.4, -0.2) is 38.2 Å². The van der Waals surface area contributed by atoms with Crippen molar-refractivity contribution < 1.29 is 0 Å². The molecule has 21 rings (SSSR count). The second kappa shape index (κ2) is 24.7. The Morgan fingerprint density at radius 1 is 0.142 bits per heavy atom. The number of hydrogen-bond donors (Lipinski definition) is 0. The van der Waals surface area contributed by atoms with E-state index in [1.54, 1.807) is 0 Å². The first kappa shape index (κ1) is 60.4. The van der Waals surface area contributed by atoms with Crippen LogP contribution in [0.5, 0.6) is 0 Å². The van der Waals surface area contributed by atoms with Gasteiger partial charge in [0.15, 0.2) is 11.6 Å². The normalized spacial score (nSPS) is 11.8. The van der Waals surface area contributed by atoms with Gasteiger partial charge < -0.3 is 18.3 Å². The number of nitrogens with zero attached hydrogens (tertiary/aromatic N) is 8. The van der Waals surface area contributed by atoms with E-state index in [4.69, 9.17) is 19.9 Å². The number of aromatic nitrogens is 8. The summed E-state index contributed by atoms with van der Waals surface area (Å²) in [6, 6.07) is 135. The molecule has 0 saturated heterocycles. The van der Waals surface area contributed by atoms with Gasteiger partial charge in [-0.25, -0.2) is 19.9 Å². The molecule has 6 heterocycles. The summed E-state index contributed by atoms with van der Waals surface area (Å²) in [5.41, 5.74) is 27.2. The fraction of sp³-hybridized carbons (Fsp3) is 0. The van der Waals surface area contributed by atoms with Crippen LogP contribution in [0.1, 0.15) is 0 Å². The highest BCUT2D eigenvalue weighted by atomic mass is 15.0. The molecule has 0 aliphatic heterocycles. The monoisotopic (exact) mass is 1350 g/mol. The highest BCUT2D eigenvalue weighted by Gasteiger charge is 2.21. The topological polar surface area (TPSA) is 71.3 Å². The number of hydrogen-bond acceptors (Lipinski definition) is 4. The van der Waals surface area contributed by atoms with Gasteiger partial charge in [0.05, 0.1) is 66.9 Å². The van der Waals surface area contributed by atoms with Crippen molar-refractivity contribution in [2.24, 2.45) is 0 Å². The average molecular weight is 1350 g/mol. The lowest BCUT2D eigenvalue weighted by atomic mass is 9.97. The minimum atomic E-state index is 0.648. The first-order valence-electron chi connectivity index (χ1n) is 36.0. The van der Waals surface area contributed by atoms with Crippen LogP contribution in [0, 0.1) is 0 Å². The number of rotatable bonds is 12. The predicted molar refractivity (Wildman–Crippen MR) is 438 cm³/mol. The minimum Gasteiger partial charge on any atom is -0.309 e. The molecule has 0 N–H and O–H groups in total. The van der Waals surface area contributed by atoms with Gasteiger partial charge >= 0.3 is 0 Å². The maximum absolute atomic E-state index is 5.41. The van der Waals surface area contributed by atoms with Crippen LogP contribution in [0.2, 0.25) is 0 Å². The molecule has 0 saturated carbocycles. The fourth-order valence-electron chi connectivity index (χ4n) is 16.2. The Bertz CT molecular complexity index is 6050. The van der Waals surface area contributed by atoms with E-state index in [-0.39, 0.29) is 0 Å². The summed E-state index contributed by atoms with van der Waals surface area (Å²) in [7, 11) is 0. The molecule has 0 fully saturated rings. The molecule has 494 valence electrons. The van der Waals surface area contributed by atoms with Gasteiger partial charge in [-0.1, -0.05) is 231 Å². The van der Waals surface area contributed by atoms with Gasteiger partial charge in [-0.05, 0) is 168 Å².